The number of anilines is 1. The molecule has 0 saturated carbocycles. The second-order valence-corrected chi connectivity index (χ2v) is 7.03. The molecule has 1 atom stereocenters. The van der Waals surface area contributed by atoms with Gasteiger partial charge in [0, 0.05) is 12.1 Å². The zero-order valence-corrected chi connectivity index (χ0v) is 13.9. The Labute approximate surface area is 144 Å². The Morgan fingerprint density at radius 2 is 1.76 bits per heavy atom. The number of cyclic esters (lactones) is 1. The number of rotatable bonds is 5. The van der Waals surface area contributed by atoms with Crippen LogP contribution in [0.2, 0.25) is 0 Å². The summed E-state index contributed by atoms with van der Waals surface area (Å²) in [6.07, 6.45) is -0.553. The molecule has 130 valence electrons. The van der Waals surface area contributed by atoms with Crippen molar-refractivity contribution >= 4 is 27.6 Å². The summed E-state index contributed by atoms with van der Waals surface area (Å²) in [5, 5.41) is 0. The van der Waals surface area contributed by atoms with E-state index < -0.39 is 28.1 Å². The van der Waals surface area contributed by atoms with Gasteiger partial charge in [-0.05, 0) is 36.4 Å². The van der Waals surface area contributed by atoms with Gasteiger partial charge >= 0.3 is 11.9 Å². The number of benzene rings is 2. The maximum absolute atomic E-state index is 12.2. The van der Waals surface area contributed by atoms with Crippen LogP contribution in [-0.4, -0.2) is 33.1 Å². The van der Waals surface area contributed by atoms with Crippen molar-refractivity contribution in [1.82, 2.24) is 0 Å². The topological polar surface area (TPSA) is 98.8 Å². The molecule has 0 unspecified atom stereocenters. The Hall–Kier alpha value is -2.87. The average molecular weight is 361 g/mol. The van der Waals surface area contributed by atoms with E-state index in [1.807, 2.05) is 0 Å². The summed E-state index contributed by atoms with van der Waals surface area (Å²) in [5.41, 5.74) is 0.517. The Balaban J connectivity index is 1.68. The van der Waals surface area contributed by atoms with Crippen molar-refractivity contribution in [2.75, 3.05) is 11.3 Å². The van der Waals surface area contributed by atoms with E-state index in [1.54, 1.807) is 18.2 Å². The van der Waals surface area contributed by atoms with E-state index in [9.17, 15) is 18.0 Å². The van der Waals surface area contributed by atoms with Gasteiger partial charge in [-0.1, -0.05) is 18.2 Å². The number of carbonyl (C=O) groups excluding carboxylic acids is 2. The first kappa shape index (κ1) is 17.0. The molecule has 0 radical (unpaired) electrons. The third kappa shape index (κ3) is 3.97. The van der Waals surface area contributed by atoms with Crippen LogP contribution in [0.25, 0.3) is 0 Å². The van der Waals surface area contributed by atoms with Gasteiger partial charge in [0.25, 0.3) is 10.0 Å². The molecule has 0 amide bonds. The van der Waals surface area contributed by atoms with E-state index in [-0.39, 0.29) is 17.1 Å². The molecule has 1 aliphatic rings. The van der Waals surface area contributed by atoms with Crippen LogP contribution in [0.4, 0.5) is 5.69 Å². The van der Waals surface area contributed by atoms with E-state index in [4.69, 9.17) is 9.47 Å². The molecule has 2 aromatic rings. The van der Waals surface area contributed by atoms with Crippen LogP contribution < -0.4 is 4.72 Å². The predicted molar refractivity (Wildman–Crippen MR) is 88.5 cm³/mol. The Morgan fingerprint density at radius 3 is 2.36 bits per heavy atom. The van der Waals surface area contributed by atoms with Gasteiger partial charge in [-0.25, -0.2) is 18.0 Å². The summed E-state index contributed by atoms with van der Waals surface area (Å²) >= 11 is 0. The Kier molecular flexibility index (Phi) is 4.71. The lowest BCUT2D eigenvalue weighted by Crippen LogP contribution is -2.22. The number of ether oxygens (including phenoxy) is 2. The zero-order chi connectivity index (χ0) is 17.9. The summed E-state index contributed by atoms with van der Waals surface area (Å²) < 4.78 is 36.7. The lowest BCUT2D eigenvalue weighted by molar-refractivity contribution is -0.145. The van der Waals surface area contributed by atoms with E-state index in [0.717, 1.165) is 0 Å². The molecule has 3 rings (SSSR count). The molecule has 1 aliphatic heterocycles. The van der Waals surface area contributed by atoms with E-state index in [0.29, 0.717) is 12.1 Å². The van der Waals surface area contributed by atoms with Crippen molar-refractivity contribution in [3.63, 3.8) is 0 Å². The molecule has 1 N–H and O–H groups in total. The maximum Gasteiger partial charge on any atom is 0.347 e. The number of nitrogens with one attached hydrogen (secondary N) is 1. The molecular formula is C17H15NO6S. The highest BCUT2D eigenvalue weighted by atomic mass is 32.2. The van der Waals surface area contributed by atoms with Gasteiger partial charge in [0.2, 0.25) is 6.10 Å². The molecule has 0 bridgehead atoms. The molecule has 1 heterocycles. The maximum atomic E-state index is 12.2. The normalized spacial score (nSPS) is 17.0. The van der Waals surface area contributed by atoms with Gasteiger partial charge in [-0.3, -0.25) is 4.72 Å². The number of hydrogen-bond acceptors (Lipinski definition) is 6. The number of sulfonamides is 1. The van der Waals surface area contributed by atoms with Crippen molar-refractivity contribution < 1.29 is 27.5 Å². The highest BCUT2D eigenvalue weighted by Gasteiger charge is 2.30. The Bertz CT molecular complexity index is 877. The van der Waals surface area contributed by atoms with Crippen LogP contribution in [0.15, 0.2) is 59.5 Å². The van der Waals surface area contributed by atoms with Crippen LogP contribution in [0.1, 0.15) is 16.8 Å². The summed E-state index contributed by atoms with van der Waals surface area (Å²) in [6.45, 7) is 0.233. The van der Waals surface area contributed by atoms with Crippen LogP contribution in [0.3, 0.4) is 0 Å². The first-order valence-corrected chi connectivity index (χ1v) is 8.99. The highest BCUT2D eigenvalue weighted by Crippen LogP contribution is 2.18. The smallest absolute Gasteiger partial charge is 0.347 e. The molecule has 0 aromatic heterocycles. The minimum Gasteiger partial charge on any atom is -0.463 e. The van der Waals surface area contributed by atoms with Crippen LogP contribution in [0.5, 0.6) is 0 Å². The first-order chi connectivity index (χ1) is 12.0. The van der Waals surface area contributed by atoms with Crippen LogP contribution >= 0.6 is 0 Å². The second-order valence-electron chi connectivity index (χ2n) is 5.35. The fraction of sp³-hybridized carbons (Fsp3) is 0.176. The van der Waals surface area contributed by atoms with E-state index >= 15 is 0 Å². The fourth-order valence-electron chi connectivity index (χ4n) is 2.27. The summed E-state index contributed by atoms with van der Waals surface area (Å²) in [7, 11) is -3.70. The van der Waals surface area contributed by atoms with Crippen molar-refractivity contribution in [2.45, 2.75) is 17.4 Å². The third-order valence-electron chi connectivity index (χ3n) is 3.56. The van der Waals surface area contributed by atoms with Gasteiger partial charge in [-0.2, -0.15) is 0 Å². The summed E-state index contributed by atoms with van der Waals surface area (Å²) in [4.78, 5) is 23.4. The predicted octanol–water partition coefficient (Wildman–Crippen LogP) is 1.96. The third-order valence-corrected chi connectivity index (χ3v) is 4.96. The van der Waals surface area contributed by atoms with Crippen molar-refractivity contribution in [3.05, 3.63) is 60.2 Å². The monoisotopic (exact) mass is 361 g/mol. The molecule has 25 heavy (non-hydrogen) atoms. The van der Waals surface area contributed by atoms with Crippen molar-refractivity contribution in [2.24, 2.45) is 0 Å². The largest absolute Gasteiger partial charge is 0.463 e. The lowest BCUT2D eigenvalue weighted by Gasteiger charge is -2.10. The second kappa shape index (κ2) is 6.94. The molecule has 7 nitrogen and oxygen atoms in total. The molecule has 1 saturated heterocycles. The van der Waals surface area contributed by atoms with Gasteiger partial charge in [0.1, 0.15) is 0 Å². The molecule has 2 aromatic carbocycles. The van der Waals surface area contributed by atoms with Gasteiger partial charge in [0.05, 0.1) is 17.1 Å². The molecule has 8 heteroatoms. The molecule has 0 aliphatic carbocycles. The zero-order valence-electron chi connectivity index (χ0n) is 13.0. The first-order valence-electron chi connectivity index (χ1n) is 7.51. The Morgan fingerprint density at radius 1 is 1.08 bits per heavy atom. The van der Waals surface area contributed by atoms with Crippen molar-refractivity contribution in [3.8, 4) is 0 Å². The van der Waals surface area contributed by atoms with E-state index in [1.165, 1.54) is 36.4 Å². The fourth-order valence-corrected chi connectivity index (χ4v) is 3.35. The highest BCUT2D eigenvalue weighted by molar-refractivity contribution is 7.92. The quantitative estimate of drug-likeness (QED) is 0.818. The van der Waals surface area contributed by atoms with Crippen LogP contribution in [0, 0.1) is 0 Å². The standard InChI is InChI=1S/C17H15NO6S/c19-16(24-15-10-11-23-17(15)20)12-6-8-13(9-7-12)18-25(21,22)14-4-2-1-3-5-14/h1-9,15,18H,10-11H2/t15-/m1/s1. The summed E-state index contributed by atoms with van der Waals surface area (Å²) in [5.74, 6) is -1.22. The van der Waals surface area contributed by atoms with Crippen LogP contribution in [-0.2, 0) is 24.3 Å². The molecule has 0 spiro atoms. The van der Waals surface area contributed by atoms with Crippen molar-refractivity contribution in [1.29, 1.82) is 0 Å². The minimum atomic E-state index is -3.70. The van der Waals surface area contributed by atoms with Gasteiger partial charge < -0.3 is 9.47 Å². The SMILES string of the molecule is O=C(O[C@@H]1CCOC1=O)c1ccc(NS(=O)(=O)c2ccccc2)cc1. The molecule has 1 fully saturated rings. The van der Waals surface area contributed by atoms with Gasteiger partial charge in [-0.15, -0.1) is 0 Å². The number of carbonyl (C=O) groups is 2. The van der Waals surface area contributed by atoms with E-state index in [2.05, 4.69) is 4.72 Å². The number of esters is 2. The summed E-state index contributed by atoms with van der Waals surface area (Å²) in [6, 6.07) is 13.7. The minimum absolute atomic E-state index is 0.137. The molecular weight excluding hydrogens is 346 g/mol. The number of hydrogen-bond donors (Lipinski definition) is 1. The van der Waals surface area contributed by atoms with Gasteiger partial charge in [0.15, 0.2) is 0 Å². The lowest BCUT2D eigenvalue weighted by atomic mass is 10.2. The average Bonchev–Trinajstić information content (AvgIpc) is 3.01.